The number of benzene rings is 1. The number of pyridine rings is 2. The highest BCUT2D eigenvalue weighted by Gasteiger charge is 2.19. The first-order valence-electron chi connectivity index (χ1n) is 6.53. The monoisotopic (exact) mass is 279 g/mol. The van der Waals surface area contributed by atoms with Crippen LogP contribution in [0.4, 0.5) is 5.69 Å². The zero-order chi connectivity index (χ0) is 15.0. The second-order valence-corrected chi connectivity index (χ2v) is 4.94. The van der Waals surface area contributed by atoms with Gasteiger partial charge in [-0.05, 0) is 43.7 Å². The van der Waals surface area contributed by atoms with Crippen LogP contribution in [-0.2, 0) is 0 Å². The van der Waals surface area contributed by atoms with Crippen LogP contribution in [0.15, 0.2) is 42.7 Å². The van der Waals surface area contributed by atoms with Gasteiger partial charge in [0.25, 0.3) is 5.69 Å². The van der Waals surface area contributed by atoms with E-state index in [-0.39, 0.29) is 10.6 Å². The molecular weight excluding hydrogens is 266 g/mol. The molecule has 2 heterocycles. The van der Waals surface area contributed by atoms with Crippen LogP contribution in [-0.4, -0.2) is 14.9 Å². The molecule has 0 saturated heterocycles. The fourth-order valence-electron chi connectivity index (χ4n) is 2.51. The van der Waals surface area contributed by atoms with Gasteiger partial charge in [0.1, 0.15) is 0 Å². The van der Waals surface area contributed by atoms with Gasteiger partial charge in [-0.25, -0.2) is 4.98 Å². The van der Waals surface area contributed by atoms with Crippen molar-refractivity contribution in [3.8, 4) is 11.3 Å². The number of rotatable bonds is 2. The molecule has 104 valence electrons. The Morgan fingerprint density at radius 2 is 1.76 bits per heavy atom. The van der Waals surface area contributed by atoms with Gasteiger partial charge in [0, 0.05) is 23.5 Å². The minimum Gasteiger partial charge on any atom is -0.265 e. The lowest BCUT2D eigenvalue weighted by Gasteiger charge is -2.08. The van der Waals surface area contributed by atoms with Crippen LogP contribution in [0.1, 0.15) is 11.1 Å². The van der Waals surface area contributed by atoms with Crippen molar-refractivity contribution in [3.05, 3.63) is 64.0 Å². The molecule has 5 heteroatoms. The van der Waals surface area contributed by atoms with Gasteiger partial charge in [-0.3, -0.25) is 15.1 Å². The van der Waals surface area contributed by atoms with E-state index in [1.165, 1.54) is 0 Å². The normalized spacial score (nSPS) is 10.8. The van der Waals surface area contributed by atoms with Gasteiger partial charge in [-0.2, -0.15) is 0 Å². The largest absolute Gasteiger partial charge is 0.281 e. The molecule has 5 nitrogen and oxygen atoms in total. The van der Waals surface area contributed by atoms with Crippen molar-refractivity contribution in [2.24, 2.45) is 0 Å². The van der Waals surface area contributed by atoms with Crippen molar-refractivity contribution >= 4 is 16.6 Å². The predicted octanol–water partition coefficient (Wildman–Crippen LogP) is 3.82. The van der Waals surface area contributed by atoms with Crippen LogP contribution in [0.2, 0.25) is 0 Å². The van der Waals surface area contributed by atoms with Gasteiger partial charge in [0.05, 0.1) is 21.5 Å². The molecule has 0 fully saturated rings. The highest BCUT2D eigenvalue weighted by Crippen LogP contribution is 2.33. The Morgan fingerprint density at radius 3 is 2.43 bits per heavy atom. The summed E-state index contributed by atoms with van der Waals surface area (Å²) >= 11 is 0. The van der Waals surface area contributed by atoms with Crippen LogP contribution in [0.25, 0.3) is 22.2 Å². The van der Waals surface area contributed by atoms with E-state index in [4.69, 9.17) is 0 Å². The van der Waals surface area contributed by atoms with Crippen molar-refractivity contribution in [2.45, 2.75) is 13.8 Å². The van der Waals surface area contributed by atoms with Crippen molar-refractivity contribution < 1.29 is 4.92 Å². The van der Waals surface area contributed by atoms with Crippen LogP contribution in [0.5, 0.6) is 0 Å². The maximum absolute atomic E-state index is 11.3. The number of aryl methyl sites for hydroxylation is 2. The quantitative estimate of drug-likeness (QED) is 0.528. The van der Waals surface area contributed by atoms with E-state index >= 15 is 0 Å². The SMILES string of the molecule is Cc1ccc2nc(-c3ccncc3)cc(C)c2c1[N+](=O)[O-]. The number of hydrogen-bond donors (Lipinski definition) is 0. The molecule has 1 aromatic carbocycles. The molecule has 0 radical (unpaired) electrons. The number of fused-ring (bicyclic) bond motifs is 1. The number of nitro groups is 1. The summed E-state index contributed by atoms with van der Waals surface area (Å²) in [5.74, 6) is 0. The lowest BCUT2D eigenvalue weighted by Crippen LogP contribution is -1.97. The van der Waals surface area contributed by atoms with Gasteiger partial charge in [-0.15, -0.1) is 0 Å². The number of hydrogen-bond acceptors (Lipinski definition) is 4. The molecule has 0 aliphatic carbocycles. The molecule has 0 atom stereocenters. The summed E-state index contributed by atoms with van der Waals surface area (Å²) < 4.78 is 0. The average molecular weight is 279 g/mol. The molecule has 0 spiro atoms. The smallest absolute Gasteiger partial charge is 0.265 e. The van der Waals surface area contributed by atoms with Crippen molar-refractivity contribution in [1.29, 1.82) is 0 Å². The second-order valence-electron chi connectivity index (χ2n) is 4.94. The number of nitro benzene ring substituents is 1. The minimum absolute atomic E-state index is 0.138. The van der Waals surface area contributed by atoms with Crippen molar-refractivity contribution in [1.82, 2.24) is 9.97 Å². The first kappa shape index (κ1) is 13.2. The summed E-state index contributed by atoms with van der Waals surface area (Å²) in [5.41, 5.74) is 4.01. The summed E-state index contributed by atoms with van der Waals surface area (Å²) in [6.45, 7) is 3.62. The molecule has 0 aliphatic heterocycles. The average Bonchev–Trinajstić information content (AvgIpc) is 2.48. The first-order valence-corrected chi connectivity index (χ1v) is 6.53. The van der Waals surface area contributed by atoms with E-state index in [1.54, 1.807) is 25.4 Å². The molecule has 0 bridgehead atoms. The zero-order valence-electron chi connectivity index (χ0n) is 11.7. The molecule has 0 aliphatic rings. The molecule has 3 rings (SSSR count). The molecular formula is C16H13N3O2. The molecule has 0 unspecified atom stereocenters. The lowest BCUT2D eigenvalue weighted by molar-refractivity contribution is -0.383. The van der Waals surface area contributed by atoms with Gasteiger partial charge in [0.2, 0.25) is 0 Å². The molecule has 21 heavy (non-hydrogen) atoms. The molecule has 0 amide bonds. The summed E-state index contributed by atoms with van der Waals surface area (Å²) in [4.78, 5) is 19.5. The topological polar surface area (TPSA) is 68.9 Å². The summed E-state index contributed by atoms with van der Waals surface area (Å²) in [7, 11) is 0. The van der Waals surface area contributed by atoms with Crippen LogP contribution >= 0.6 is 0 Å². The molecule has 3 aromatic rings. The van der Waals surface area contributed by atoms with Gasteiger partial charge in [0.15, 0.2) is 0 Å². The number of aromatic nitrogens is 2. The Bertz CT molecular complexity index is 845. The molecule has 0 N–H and O–H groups in total. The third-order valence-electron chi connectivity index (χ3n) is 3.50. The van der Waals surface area contributed by atoms with Crippen molar-refractivity contribution in [2.75, 3.05) is 0 Å². The van der Waals surface area contributed by atoms with E-state index in [1.807, 2.05) is 31.2 Å². The fraction of sp³-hybridized carbons (Fsp3) is 0.125. The maximum atomic E-state index is 11.3. The van der Waals surface area contributed by atoms with Gasteiger partial charge in [-0.1, -0.05) is 6.07 Å². The Kier molecular flexibility index (Phi) is 3.10. The Hall–Kier alpha value is -2.82. The molecule has 0 saturated carbocycles. The highest BCUT2D eigenvalue weighted by molar-refractivity contribution is 5.93. The summed E-state index contributed by atoms with van der Waals surface area (Å²) in [6, 6.07) is 9.19. The van der Waals surface area contributed by atoms with Crippen LogP contribution in [0, 0.1) is 24.0 Å². The highest BCUT2D eigenvalue weighted by atomic mass is 16.6. The third kappa shape index (κ3) is 2.23. The van der Waals surface area contributed by atoms with Gasteiger partial charge >= 0.3 is 0 Å². The Morgan fingerprint density at radius 1 is 1.05 bits per heavy atom. The molecule has 2 aromatic heterocycles. The van der Waals surface area contributed by atoms with Crippen LogP contribution < -0.4 is 0 Å². The van der Waals surface area contributed by atoms with E-state index in [9.17, 15) is 10.1 Å². The Balaban J connectivity index is 2.32. The maximum Gasteiger partial charge on any atom is 0.281 e. The first-order chi connectivity index (χ1) is 10.1. The second kappa shape index (κ2) is 4.94. The van der Waals surface area contributed by atoms with Crippen LogP contribution in [0.3, 0.4) is 0 Å². The number of nitrogens with zero attached hydrogens (tertiary/aromatic N) is 3. The van der Waals surface area contributed by atoms with Crippen molar-refractivity contribution in [3.63, 3.8) is 0 Å². The zero-order valence-corrected chi connectivity index (χ0v) is 11.7. The minimum atomic E-state index is -0.335. The van der Waals surface area contributed by atoms with E-state index in [0.29, 0.717) is 16.5 Å². The standard InChI is InChI=1S/C16H13N3O2/c1-10-3-4-13-15(16(10)19(20)21)11(2)9-14(18-13)12-5-7-17-8-6-12/h3-9H,1-2H3. The fourth-order valence-corrected chi connectivity index (χ4v) is 2.51. The predicted molar refractivity (Wildman–Crippen MR) is 81.1 cm³/mol. The summed E-state index contributed by atoms with van der Waals surface area (Å²) in [5, 5.41) is 11.9. The summed E-state index contributed by atoms with van der Waals surface area (Å²) in [6.07, 6.45) is 3.41. The lowest BCUT2D eigenvalue weighted by atomic mass is 10.0. The van der Waals surface area contributed by atoms with E-state index < -0.39 is 0 Å². The van der Waals surface area contributed by atoms with E-state index in [2.05, 4.69) is 9.97 Å². The Labute approximate surface area is 121 Å². The van der Waals surface area contributed by atoms with E-state index in [0.717, 1.165) is 16.8 Å². The van der Waals surface area contributed by atoms with Gasteiger partial charge < -0.3 is 0 Å². The third-order valence-corrected chi connectivity index (χ3v) is 3.50.